The van der Waals surface area contributed by atoms with Crippen molar-refractivity contribution in [3.63, 3.8) is 0 Å². The third-order valence-corrected chi connectivity index (χ3v) is 10.9. The number of rotatable bonds is 8. The maximum Gasteiger partial charge on any atom is 0.368 e. The fraction of sp³-hybridized carbons (Fsp3) is 0.154. The Labute approximate surface area is 283 Å². The number of carbonyl (C=O) groups is 2. The van der Waals surface area contributed by atoms with Crippen molar-refractivity contribution < 1.29 is 37.2 Å². The Balaban J connectivity index is 1.34. The summed E-state index contributed by atoms with van der Waals surface area (Å²) in [6.45, 7) is 6.22. The van der Waals surface area contributed by atoms with E-state index in [4.69, 9.17) is 4.18 Å². The Morgan fingerprint density at radius 3 is 1.53 bits per heavy atom. The fourth-order valence-corrected chi connectivity index (χ4v) is 7.66. The minimum atomic E-state index is -4.83. The van der Waals surface area contributed by atoms with Crippen molar-refractivity contribution in [1.29, 1.82) is 0 Å². The van der Waals surface area contributed by atoms with Crippen LogP contribution in [0, 0.1) is 0 Å². The summed E-state index contributed by atoms with van der Waals surface area (Å²) >= 11 is 0. The lowest BCUT2D eigenvalue weighted by molar-refractivity contribution is -0.00871. The van der Waals surface area contributed by atoms with E-state index in [0.29, 0.717) is 0 Å². The summed E-state index contributed by atoms with van der Waals surface area (Å²) < 4.78 is 32.3. The van der Waals surface area contributed by atoms with Gasteiger partial charge in [-0.25, -0.2) is 0 Å². The first-order chi connectivity index (χ1) is 23.3. The van der Waals surface area contributed by atoms with Gasteiger partial charge in [0, 0.05) is 22.0 Å². The maximum absolute atomic E-state index is 13.5. The molecule has 246 valence electrons. The van der Waals surface area contributed by atoms with Gasteiger partial charge in [-0.05, 0) is 71.1 Å². The third-order valence-electron chi connectivity index (χ3n) is 9.41. The van der Waals surface area contributed by atoms with Crippen LogP contribution in [0.4, 0.5) is 0 Å². The molecule has 1 aliphatic carbocycles. The standard InChI is InChI=1S/C39H32N2O7S/c1-38(2,25-12-18-29(42)19-13-25)24-8-10-26(11-9-24)39(3,27-14-20-30(43)21-15-27)28-16-22-31(23-17-28)48-49(46,47)37-34(41-40)35(44)32-6-4-5-7-33(32)36(37)45/h4-23,37,42-43H,1-3H3. The summed E-state index contributed by atoms with van der Waals surface area (Å²) in [6.07, 6.45) is 0. The molecule has 0 bridgehead atoms. The van der Waals surface area contributed by atoms with E-state index in [1.54, 1.807) is 36.4 Å². The quantitative estimate of drug-likeness (QED) is 0.0814. The molecule has 9 nitrogen and oxygen atoms in total. The lowest BCUT2D eigenvalue weighted by atomic mass is 9.70. The van der Waals surface area contributed by atoms with Crippen molar-refractivity contribution in [2.75, 3.05) is 0 Å². The molecular weight excluding hydrogens is 641 g/mol. The second kappa shape index (κ2) is 12.3. The lowest BCUT2D eigenvalue weighted by Gasteiger charge is -2.33. The van der Waals surface area contributed by atoms with Crippen molar-refractivity contribution in [2.45, 2.75) is 36.9 Å². The fourth-order valence-electron chi connectivity index (χ4n) is 6.37. The van der Waals surface area contributed by atoms with Crippen LogP contribution in [0.3, 0.4) is 0 Å². The van der Waals surface area contributed by atoms with Gasteiger partial charge in [0.1, 0.15) is 17.2 Å². The number of benzene rings is 5. The zero-order chi connectivity index (χ0) is 35.1. The van der Waals surface area contributed by atoms with Crippen LogP contribution in [-0.4, -0.2) is 45.9 Å². The average Bonchev–Trinajstić information content (AvgIpc) is 3.10. The van der Waals surface area contributed by atoms with Gasteiger partial charge in [-0.1, -0.05) is 98.8 Å². The summed E-state index contributed by atoms with van der Waals surface area (Å²) in [5.41, 5.74) is 12.0. The number of Topliss-reactive ketones (excluding diaryl/α,β-unsaturated/α-hetero) is 2. The van der Waals surface area contributed by atoms with E-state index in [1.807, 2.05) is 55.5 Å². The Morgan fingerprint density at radius 1 is 0.633 bits per heavy atom. The molecular formula is C39H32N2O7S. The first-order valence-electron chi connectivity index (χ1n) is 15.4. The highest BCUT2D eigenvalue weighted by Gasteiger charge is 2.53. The lowest BCUT2D eigenvalue weighted by Crippen LogP contribution is -2.48. The predicted molar refractivity (Wildman–Crippen MR) is 184 cm³/mol. The second-order valence-electron chi connectivity index (χ2n) is 12.6. The summed E-state index contributed by atoms with van der Waals surface area (Å²) in [7, 11) is -4.83. The van der Waals surface area contributed by atoms with Crippen LogP contribution in [0.5, 0.6) is 17.2 Å². The highest BCUT2D eigenvalue weighted by molar-refractivity contribution is 7.89. The van der Waals surface area contributed by atoms with E-state index in [2.05, 4.69) is 18.6 Å². The van der Waals surface area contributed by atoms with E-state index in [-0.39, 0.29) is 33.8 Å². The molecule has 0 aromatic heterocycles. The van der Waals surface area contributed by atoms with Crippen molar-refractivity contribution in [2.24, 2.45) is 0 Å². The van der Waals surface area contributed by atoms with Gasteiger partial charge in [-0.15, -0.1) is 0 Å². The molecule has 0 amide bonds. The Morgan fingerprint density at radius 2 is 1.04 bits per heavy atom. The molecule has 49 heavy (non-hydrogen) atoms. The minimum absolute atomic E-state index is 0.0541. The van der Waals surface area contributed by atoms with Crippen LogP contribution < -0.4 is 4.18 Å². The van der Waals surface area contributed by atoms with Gasteiger partial charge in [-0.3, -0.25) is 9.59 Å². The first kappa shape index (κ1) is 33.1. The number of aromatic hydroxyl groups is 2. The SMILES string of the molecule is CC(C)(c1ccc(O)cc1)c1ccc(C(C)(c2ccc(O)cc2)c2ccc(OS(=O)(=O)C3C(=O)c4ccccc4C(=O)C3=[N+]=[N-])cc2)cc1. The van der Waals surface area contributed by atoms with E-state index < -0.39 is 38.1 Å². The molecule has 2 atom stereocenters. The summed E-state index contributed by atoms with van der Waals surface area (Å²) in [5, 5.41) is 17.7. The van der Waals surface area contributed by atoms with E-state index in [9.17, 15) is 33.8 Å². The zero-order valence-corrected chi connectivity index (χ0v) is 27.7. The first-order valence-corrected chi connectivity index (χ1v) is 16.9. The zero-order valence-electron chi connectivity index (χ0n) is 26.9. The van der Waals surface area contributed by atoms with E-state index in [0.717, 1.165) is 27.8 Å². The van der Waals surface area contributed by atoms with E-state index >= 15 is 0 Å². The highest BCUT2D eigenvalue weighted by Crippen LogP contribution is 2.41. The van der Waals surface area contributed by atoms with E-state index in [1.165, 1.54) is 36.4 Å². The molecule has 0 fully saturated rings. The monoisotopic (exact) mass is 672 g/mol. The molecule has 0 spiro atoms. The number of phenols is 2. The number of phenolic OH excluding ortho intramolecular Hbond substituents is 2. The minimum Gasteiger partial charge on any atom is -0.508 e. The summed E-state index contributed by atoms with van der Waals surface area (Å²) in [5.74, 6) is -1.63. The third kappa shape index (κ3) is 5.82. The van der Waals surface area contributed by atoms with Gasteiger partial charge in [0.25, 0.3) is 11.0 Å². The average molecular weight is 673 g/mol. The van der Waals surface area contributed by atoms with Crippen LogP contribution in [0.1, 0.15) is 69.3 Å². The molecule has 2 unspecified atom stereocenters. The van der Waals surface area contributed by atoms with Crippen molar-refractivity contribution in [3.8, 4) is 17.2 Å². The van der Waals surface area contributed by atoms with Crippen LogP contribution in [0.15, 0.2) is 121 Å². The largest absolute Gasteiger partial charge is 0.508 e. The molecule has 6 rings (SSSR count). The van der Waals surface area contributed by atoms with Gasteiger partial charge in [-0.2, -0.15) is 13.2 Å². The number of fused-ring (bicyclic) bond motifs is 1. The molecule has 10 heteroatoms. The molecule has 5 aromatic rings. The van der Waals surface area contributed by atoms with Crippen molar-refractivity contribution >= 4 is 27.4 Å². The highest BCUT2D eigenvalue weighted by atomic mass is 32.2. The second-order valence-corrected chi connectivity index (χ2v) is 14.2. The van der Waals surface area contributed by atoms with Gasteiger partial charge in [0.2, 0.25) is 0 Å². The number of carbonyl (C=O) groups excluding carboxylic acids is 2. The number of nitrogens with zero attached hydrogens (tertiary/aromatic N) is 2. The van der Waals surface area contributed by atoms with Crippen LogP contribution in [0.25, 0.3) is 5.53 Å². The normalized spacial score (nSPS) is 16.0. The molecule has 0 heterocycles. The van der Waals surface area contributed by atoms with Crippen LogP contribution in [-0.2, 0) is 20.9 Å². The van der Waals surface area contributed by atoms with Gasteiger partial charge < -0.3 is 19.9 Å². The van der Waals surface area contributed by atoms with Crippen LogP contribution >= 0.6 is 0 Å². The topological polar surface area (TPSA) is 154 Å². The molecule has 5 aromatic carbocycles. The number of hydrogen-bond donors (Lipinski definition) is 2. The smallest absolute Gasteiger partial charge is 0.368 e. The summed E-state index contributed by atoms with van der Waals surface area (Å²) in [4.78, 5) is 29.0. The summed E-state index contributed by atoms with van der Waals surface area (Å²) in [6, 6.07) is 34.1. The molecule has 1 aliphatic rings. The molecule has 2 N–H and O–H groups in total. The Hall–Kier alpha value is -5.83. The van der Waals surface area contributed by atoms with Gasteiger partial charge in [0.15, 0.2) is 5.78 Å². The molecule has 0 saturated carbocycles. The Kier molecular flexibility index (Phi) is 8.32. The maximum atomic E-state index is 13.5. The van der Waals surface area contributed by atoms with Crippen molar-refractivity contribution in [1.82, 2.24) is 0 Å². The van der Waals surface area contributed by atoms with Crippen molar-refractivity contribution in [3.05, 3.63) is 166 Å². The number of hydrogen-bond acceptors (Lipinski definition) is 7. The Bertz CT molecular complexity index is 2240. The molecule has 0 radical (unpaired) electrons. The number of ketones is 2. The molecule has 0 aliphatic heterocycles. The van der Waals surface area contributed by atoms with Gasteiger partial charge in [0.05, 0.1) is 0 Å². The molecule has 0 saturated heterocycles. The predicted octanol–water partition coefficient (Wildman–Crippen LogP) is 6.61. The van der Waals surface area contributed by atoms with Crippen LogP contribution in [0.2, 0.25) is 0 Å². The van der Waals surface area contributed by atoms with Gasteiger partial charge >= 0.3 is 15.8 Å².